The summed E-state index contributed by atoms with van der Waals surface area (Å²) in [5.74, 6) is -0.00383. The third-order valence-corrected chi connectivity index (χ3v) is 3.35. The normalized spacial score (nSPS) is 22.8. The fourth-order valence-electron chi connectivity index (χ4n) is 2.32. The summed E-state index contributed by atoms with van der Waals surface area (Å²) < 4.78 is 4.81. The molecule has 1 fully saturated rings. The third kappa shape index (κ3) is 4.62. The zero-order valence-corrected chi connectivity index (χ0v) is 10.9. The molecule has 0 unspecified atom stereocenters. The van der Waals surface area contributed by atoms with Crippen LogP contribution in [0.25, 0.3) is 0 Å². The average Bonchev–Trinajstić information content (AvgIpc) is 2.84. The van der Waals surface area contributed by atoms with E-state index in [9.17, 15) is 9.59 Å². The Morgan fingerprint density at radius 2 is 2.11 bits per heavy atom. The van der Waals surface area contributed by atoms with Crippen molar-refractivity contribution in [1.29, 1.82) is 0 Å². The Morgan fingerprint density at radius 3 is 2.78 bits per heavy atom. The first-order chi connectivity index (χ1) is 8.69. The highest BCUT2D eigenvalue weighted by Crippen LogP contribution is 2.30. The van der Waals surface area contributed by atoms with E-state index >= 15 is 0 Å². The van der Waals surface area contributed by atoms with Gasteiger partial charge in [-0.2, -0.15) is 0 Å². The van der Waals surface area contributed by atoms with Crippen molar-refractivity contribution in [2.24, 2.45) is 17.6 Å². The monoisotopic (exact) mass is 257 g/mol. The van der Waals surface area contributed by atoms with Crippen molar-refractivity contribution in [1.82, 2.24) is 10.6 Å². The van der Waals surface area contributed by atoms with Crippen LogP contribution < -0.4 is 16.4 Å². The molecular weight excluding hydrogens is 234 g/mol. The number of nitrogens with one attached hydrogen (secondary N) is 2. The first kappa shape index (κ1) is 14.9. The SMILES string of the molecule is COCCNC(=O)CNC(=O)[C@@H]1CCC[C@@H]1CN. The number of carbonyl (C=O) groups excluding carboxylic acids is 2. The van der Waals surface area contributed by atoms with Crippen molar-refractivity contribution < 1.29 is 14.3 Å². The van der Waals surface area contributed by atoms with Gasteiger partial charge in [-0.25, -0.2) is 0 Å². The van der Waals surface area contributed by atoms with Crippen molar-refractivity contribution in [3.05, 3.63) is 0 Å². The number of methoxy groups -OCH3 is 1. The maximum absolute atomic E-state index is 11.9. The largest absolute Gasteiger partial charge is 0.383 e. The highest BCUT2D eigenvalue weighted by molar-refractivity contribution is 5.86. The van der Waals surface area contributed by atoms with Gasteiger partial charge in [0.15, 0.2) is 0 Å². The van der Waals surface area contributed by atoms with Gasteiger partial charge in [-0.3, -0.25) is 9.59 Å². The van der Waals surface area contributed by atoms with Crippen LogP contribution in [0.3, 0.4) is 0 Å². The molecule has 0 spiro atoms. The Kier molecular flexibility index (Phi) is 6.67. The second-order valence-electron chi connectivity index (χ2n) is 4.59. The van der Waals surface area contributed by atoms with Gasteiger partial charge in [0.25, 0.3) is 0 Å². The summed E-state index contributed by atoms with van der Waals surface area (Å²) in [6, 6.07) is 0. The molecule has 0 saturated heterocycles. The number of hydrogen-bond donors (Lipinski definition) is 3. The van der Waals surface area contributed by atoms with Gasteiger partial charge in [0.1, 0.15) is 0 Å². The summed E-state index contributed by atoms with van der Waals surface area (Å²) in [7, 11) is 1.57. The van der Waals surface area contributed by atoms with Crippen LogP contribution in [0.2, 0.25) is 0 Å². The van der Waals surface area contributed by atoms with Crippen molar-refractivity contribution in [2.45, 2.75) is 19.3 Å². The lowest BCUT2D eigenvalue weighted by Crippen LogP contribution is -2.41. The molecule has 2 atom stereocenters. The fourth-order valence-corrected chi connectivity index (χ4v) is 2.32. The lowest BCUT2D eigenvalue weighted by atomic mass is 9.95. The molecule has 4 N–H and O–H groups in total. The van der Waals surface area contributed by atoms with Crippen molar-refractivity contribution in [3.8, 4) is 0 Å². The maximum atomic E-state index is 11.9. The van der Waals surface area contributed by atoms with Crippen LogP contribution in [-0.2, 0) is 14.3 Å². The second kappa shape index (κ2) is 8.05. The molecule has 0 aromatic heterocycles. The van der Waals surface area contributed by atoms with E-state index < -0.39 is 0 Å². The van der Waals surface area contributed by atoms with Crippen LogP contribution in [0.4, 0.5) is 0 Å². The van der Waals surface area contributed by atoms with Gasteiger partial charge < -0.3 is 21.1 Å². The Hall–Kier alpha value is -1.14. The lowest BCUT2D eigenvalue weighted by molar-refractivity contribution is -0.129. The summed E-state index contributed by atoms with van der Waals surface area (Å²) in [6.07, 6.45) is 2.92. The second-order valence-corrected chi connectivity index (χ2v) is 4.59. The minimum absolute atomic E-state index is 0.0241. The first-order valence-electron chi connectivity index (χ1n) is 6.42. The summed E-state index contributed by atoms with van der Waals surface area (Å²) in [5, 5.41) is 5.32. The summed E-state index contributed by atoms with van der Waals surface area (Å²) >= 11 is 0. The molecule has 0 bridgehead atoms. The maximum Gasteiger partial charge on any atom is 0.239 e. The number of amides is 2. The van der Waals surface area contributed by atoms with Crippen LogP contribution in [-0.4, -0.2) is 45.2 Å². The van der Waals surface area contributed by atoms with Crippen molar-refractivity contribution in [3.63, 3.8) is 0 Å². The number of ether oxygens (including phenoxy) is 1. The molecule has 1 aliphatic rings. The van der Waals surface area contributed by atoms with Gasteiger partial charge in [-0.15, -0.1) is 0 Å². The summed E-state index contributed by atoms with van der Waals surface area (Å²) in [5.41, 5.74) is 5.63. The molecule has 18 heavy (non-hydrogen) atoms. The summed E-state index contributed by atoms with van der Waals surface area (Å²) in [6.45, 7) is 1.49. The number of rotatable bonds is 7. The Morgan fingerprint density at radius 1 is 1.33 bits per heavy atom. The van der Waals surface area contributed by atoms with E-state index in [0.29, 0.717) is 19.7 Å². The molecule has 0 aromatic carbocycles. The van der Waals surface area contributed by atoms with E-state index in [1.807, 2.05) is 0 Å². The molecule has 2 amide bonds. The standard InChI is InChI=1S/C12H23N3O3/c1-18-6-5-14-11(16)8-15-12(17)10-4-2-3-9(10)7-13/h9-10H,2-8,13H2,1H3,(H,14,16)(H,15,17)/t9-,10-/m1/s1. The molecule has 0 radical (unpaired) electrons. The zero-order chi connectivity index (χ0) is 13.4. The van der Waals surface area contributed by atoms with Crippen LogP contribution in [0.5, 0.6) is 0 Å². The molecule has 1 rings (SSSR count). The van der Waals surface area contributed by atoms with Gasteiger partial charge in [0.05, 0.1) is 13.2 Å². The molecule has 0 aliphatic heterocycles. The molecule has 6 heteroatoms. The third-order valence-electron chi connectivity index (χ3n) is 3.35. The van der Waals surface area contributed by atoms with E-state index in [0.717, 1.165) is 19.3 Å². The van der Waals surface area contributed by atoms with Crippen LogP contribution in [0.15, 0.2) is 0 Å². The number of nitrogens with two attached hydrogens (primary N) is 1. The molecule has 6 nitrogen and oxygen atoms in total. The van der Waals surface area contributed by atoms with Crippen molar-refractivity contribution >= 4 is 11.8 Å². The Labute approximate surface area is 108 Å². The van der Waals surface area contributed by atoms with Crippen LogP contribution >= 0.6 is 0 Å². The predicted octanol–water partition coefficient (Wildman–Crippen LogP) is -0.760. The molecule has 1 aliphatic carbocycles. The van der Waals surface area contributed by atoms with Crippen LogP contribution in [0.1, 0.15) is 19.3 Å². The minimum atomic E-state index is -0.192. The quantitative estimate of drug-likeness (QED) is 0.523. The smallest absolute Gasteiger partial charge is 0.239 e. The zero-order valence-electron chi connectivity index (χ0n) is 10.9. The van der Waals surface area contributed by atoms with Gasteiger partial charge in [0.2, 0.25) is 11.8 Å². The Bertz CT molecular complexity index is 284. The fraction of sp³-hybridized carbons (Fsp3) is 0.833. The molecule has 0 aromatic rings. The van der Waals surface area contributed by atoms with E-state index in [1.54, 1.807) is 7.11 Å². The minimum Gasteiger partial charge on any atom is -0.383 e. The Balaban J connectivity index is 2.22. The highest BCUT2D eigenvalue weighted by Gasteiger charge is 2.31. The topological polar surface area (TPSA) is 93.5 Å². The van der Waals surface area contributed by atoms with Gasteiger partial charge >= 0.3 is 0 Å². The van der Waals surface area contributed by atoms with Gasteiger partial charge in [-0.1, -0.05) is 6.42 Å². The van der Waals surface area contributed by atoms with E-state index in [-0.39, 0.29) is 30.2 Å². The van der Waals surface area contributed by atoms with E-state index in [2.05, 4.69) is 10.6 Å². The van der Waals surface area contributed by atoms with Crippen molar-refractivity contribution in [2.75, 3.05) is 33.4 Å². The molecule has 1 saturated carbocycles. The predicted molar refractivity (Wildman–Crippen MR) is 67.8 cm³/mol. The molecule has 104 valence electrons. The van der Waals surface area contributed by atoms with E-state index in [1.165, 1.54) is 0 Å². The molecular formula is C12H23N3O3. The van der Waals surface area contributed by atoms with E-state index in [4.69, 9.17) is 10.5 Å². The van der Waals surface area contributed by atoms with Gasteiger partial charge in [0, 0.05) is 19.6 Å². The average molecular weight is 257 g/mol. The highest BCUT2D eigenvalue weighted by atomic mass is 16.5. The lowest BCUT2D eigenvalue weighted by Gasteiger charge is -2.17. The number of carbonyl (C=O) groups is 2. The van der Waals surface area contributed by atoms with Gasteiger partial charge in [-0.05, 0) is 25.3 Å². The number of hydrogen-bond acceptors (Lipinski definition) is 4. The first-order valence-corrected chi connectivity index (χ1v) is 6.42. The molecule has 0 heterocycles. The summed E-state index contributed by atoms with van der Waals surface area (Å²) in [4.78, 5) is 23.3. The van der Waals surface area contributed by atoms with Crippen LogP contribution in [0, 0.1) is 11.8 Å².